The first kappa shape index (κ1) is 14.8. The van der Waals surface area contributed by atoms with E-state index in [1.54, 1.807) is 0 Å². The molecule has 2 rings (SSSR count). The highest BCUT2D eigenvalue weighted by Gasteiger charge is 2.41. The first-order chi connectivity index (χ1) is 9.39. The molecule has 1 aliphatic carbocycles. The molecule has 0 atom stereocenters. The monoisotopic (exact) mass is 272 g/mol. The zero-order valence-corrected chi connectivity index (χ0v) is 12.7. The molecule has 1 aromatic carbocycles. The molecule has 3 heteroatoms. The second-order valence-corrected chi connectivity index (χ2v) is 6.37. The van der Waals surface area contributed by atoms with Gasteiger partial charge in [0.1, 0.15) is 0 Å². The molecule has 20 heavy (non-hydrogen) atoms. The van der Waals surface area contributed by atoms with Crippen LogP contribution < -0.4 is 5.32 Å². The molecule has 108 valence electrons. The van der Waals surface area contributed by atoms with Crippen LogP contribution in [0.25, 0.3) is 0 Å². The van der Waals surface area contributed by atoms with Gasteiger partial charge in [-0.25, -0.2) is 0 Å². The number of benzene rings is 1. The van der Waals surface area contributed by atoms with Gasteiger partial charge in [0.05, 0.1) is 5.41 Å². The Morgan fingerprint density at radius 3 is 2.40 bits per heavy atom. The molecule has 1 fully saturated rings. The molecule has 0 heterocycles. The number of hydrogen-bond acceptors (Lipinski definition) is 2. The predicted molar refractivity (Wildman–Crippen MR) is 83.8 cm³/mol. The van der Waals surface area contributed by atoms with E-state index < -0.39 is 0 Å². The van der Waals surface area contributed by atoms with E-state index in [0.717, 1.165) is 31.5 Å². The van der Waals surface area contributed by atoms with Gasteiger partial charge in [0, 0.05) is 12.2 Å². The lowest BCUT2D eigenvalue weighted by atomic mass is 9.67. The van der Waals surface area contributed by atoms with Crippen molar-refractivity contribution in [3.8, 4) is 0 Å². The third-order valence-electron chi connectivity index (χ3n) is 3.89. The van der Waals surface area contributed by atoms with Gasteiger partial charge < -0.3 is 10.2 Å². The Hall–Kier alpha value is -1.61. The van der Waals surface area contributed by atoms with Crippen LogP contribution in [0.2, 0.25) is 0 Å². The molecule has 0 unspecified atom stereocenters. The summed E-state index contributed by atoms with van der Waals surface area (Å²) in [5.74, 6) is 0.103. The van der Waals surface area contributed by atoms with Crippen molar-refractivity contribution in [1.29, 1.82) is 0 Å². The first-order valence-electron chi connectivity index (χ1n) is 7.11. The van der Waals surface area contributed by atoms with Crippen LogP contribution in [0.15, 0.2) is 36.4 Å². The number of carbonyl (C=O) groups excluding carboxylic acids is 1. The second kappa shape index (κ2) is 5.80. The van der Waals surface area contributed by atoms with Gasteiger partial charge in [-0.3, -0.25) is 4.79 Å². The van der Waals surface area contributed by atoms with E-state index in [1.165, 1.54) is 11.1 Å². The quantitative estimate of drug-likeness (QED) is 0.835. The molecule has 1 N–H and O–H groups in total. The number of rotatable bonds is 5. The van der Waals surface area contributed by atoms with Crippen molar-refractivity contribution in [2.24, 2.45) is 5.41 Å². The van der Waals surface area contributed by atoms with Gasteiger partial charge in [-0.05, 0) is 51.1 Å². The van der Waals surface area contributed by atoms with E-state index in [9.17, 15) is 4.79 Å². The summed E-state index contributed by atoms with van der Waals surface area (Å²) in [6, 6.07) is 8.14. The predicted octanol–water partition coefficient (Wildman–Crippen LogP) is 3.09. The minimum Gasteiger partial charge on any atom is -0.326 e. The molecule has 1 amide bonds. The molecule has 1 saturated carbocycles. The zero-order valence-electron chi connectivity index (χ0n) is 12.7. The molecule has 1 aromatic rings. The first-order valence-corrected chi connectivity index (χ1v) is 7.11. The van der Waals surface area contributed by atoms with Crippen LogP contribution in [-0.2, 0) is 11.2 Å². The van der Waals surface area contributed by atoms with Crippen molar-refractivity contribution in [1.82, 2.24) is 4.90 Å². The Balaban J connectivity index is 1.90. The lowest BCUT2D eigenvalue weighted by Crippen LogP contribution is -2.40. The number of nitrogens with one attached hydrogen (secondary N) is 1. The van der Waals surface area contributed by atoms with Gasteiger partial charge in [0.15, 0.2) is 0 Å². The molecule has 0 spiro atoms. The molecule has 0 aliphatic heterocycles. The van der Waals surface area contributed by atoms with Gasteiger partial charge in [-0.15, -0.1) is 0 Å². The van der Waals surface area contributed by atoms with E-state index in [4.69, 9.17) is 0 Å². The molecule has 0 bridgehead atoms. The summed E-state index contributed by atoms with van der Waals surface area (Å²) in [5.41, 5.74) is 3.07. The van der Waals surface area contributed by atoms with E-state index in [2.05, 4.69) is 43.0 Å². The number of carbonyl (C=O) groups is 1. The number of hydrogen-bond donors (Lipinski definition) is 1. The highest BCUT2D eigenvalue weighted by atomic mass is 16.2. The van der Waals surface area contributed by atoms with Crippen LogP contribution in [0.3, 0.4) is 0 Å². The normalized spacial score (nSPS) is 16.9. The van der Waals surface area contributed by atoms with Crippen LogP contribution in [-0.4, -0.2) is 31.4 Å². The number of anilines is 1. The van der Waals surface area contributed by atoms with Crippen molar-refractivity contribution in [3.63, 3.8) is 0 Å². The third-order valence-corrected chi connectivity index (χ3v) is 3.89. The largest absolute Gasteiger partial charge is 0.326 e. The average molecular weight is 272 g/mol. The van der Waals surface area contributed by atoms with Crippen LogP contribution >= 0.6 is 0 Å². The fourth-order valence-corrected chi connectivity index (χ4v) is 2.60. The number of nitrogens with zero attached hydrogens (tertiary/aromatic N) is 1. The Morgan fingerprint density at radius 2 is 1.90 bits per heavy atom. The maximum absolute atomic E-state index is 12.2. The lowest BCUT2D eigenvalue weighted by Gasteiger charge is -2.38. The summed E-state index contributed by atoms with van der Waals surface area (Å²) in [5, 5.41) is 3.01. The van der Waals surface area contributed by atoms with Crippen LogP contribution in [0.1, 0.15) is 25.3 Å². The third kappa shape index (κ3) is 3.48. The van der Waals surface area contributed by atoms with Gasteiger partial charge in [0.25, 0.3) is 0 Å². The molecule has 3 nitrogen and oxygen atoms in total. The maximum Gasteiger partial charge on any atom is 0.230 e. The molecular weight excluding hydrogens is 248 g/mol. The van der Waals surface area contributed by atoms with Gasteiger partial charge >= 0.3 is 0 Å². The molecule has 0 aromatic heterocycles. The molecule has 1 aliphatic rings. The van der Waals surface area contributed by atoms with E-state index in [-0.39, 0.29) is 11.3 Å². The van der Waals surface area contributed by atoms with Crippen LogP contribution in [0.4, 0.5) is 5.69 Å². The number of allylic oxidation sites excluding steroid dienone is 1. The molecule has 0 radical (unpaired) electrons. The lowest BCUT2D eigenvalue weighted by molar-refractivity contribution is -0.126. The van der Waals surface area contributed by atoms with Gasteiger partial charge in [-0.1, -0.05) is 31.2 Å². The summed E-state index contributed by atoms with van der Waals surface area (Å²) in [4.78, 5) is 14.4. The zero-order chi connectivity index (χ0) is 14.8. The van der Waals surface area contributed by atoms with Crippen molar-refractivity contribution >= 4 is 11.6 Å². The summed E-state index contributed by atoms with van der Waals surface area (Å²) < 4.78 is 0. The Kier molecular flexibility index (Phi) is 4.29. The summed E-state index contributed by atoms with van der Waals surface area (Å²) in [6.07, 6.45) is 2.64. The Morgan fingerprint density at radius 1 is 1.30 bits per heavy atom. The fourth-order valence-electron chi connectivity index (χ4n) is 2.60. The second-order valence-electron chi connectivity index (χ2n) is 6.37. The van der Waals surface area contributed by atoms with Crippen molar-refractivity contribution < 1.29 is 4.79 Å². The van der Waals surface area contributed by atoms with Crippen LogP contribution in [0, 0.1) is 5.41 Å². The number of amides is 1. The smallest absolute Gasteiger partial charge is 0.230 e. The highest BCUT2D eigenvalue weighted by Crippen LogP contribution is 2.44. The van der Waals surface area contributed by atoms with Gasteiger partial charge in [-0.2, -0.15) is 0 Å². The Labute approximate surface area is 121 Å². The summed E-state index contributed by atoms with van der Waals surface area (Å²) >= 11 is 0. The standard InChI is InChI=1S/C17H24N2O/c1-13-11-17(2,12-13)16(20)18-15-7-5-14(6-8-15)9-10-19(3)4/h5-8H,1,9-12H2,2-4H3,(H,18,20). The molecular formula is C17H24N2O. The average Bonchev–Trinajstić information content (AvgIpc) is 2.36. The van der Waals surface area contributed by atoms with Crippen molar-refractivity contribution in [2.45, 2.75) is 26.2 Å². The maximum atomic E-state index is 12.2. The van der Waals surface area contributed by atoms with Gasteiger partial charge in [0.2, 0.25) is 5.91 Å². The molecule has 0 saturated heterocycles. The number of likely N-dealkylation sites (N-methyl/N-ethyl adjacent to an activating group) is 1. The minimum atomic E-state index is -0.263. The van der Waals surface area contributed by atoms with E-state index >= 15 is 0 Å². The SMILES string of the molecule is C=C1CC(C)(C(=O)Nc2ccc(CCN(C)C)cc2)C1. The van der Waals surface area contributed by atoms with E-state index in [1.807, 2.05) is 19.1 Å². The van der Waals surface area contributed by atoms with E-state index in [0.29, 0.717) is 0 Å². The van der Waals surface area contributed by atoms with Crippen molar-refractivity contribution in [2.75, 3.05) is 26.0 Å². The van der Waals surface area contributed by atoms with Crippen LogP contribution in [0.5, 0.6) is 0 Å². The Bertz CT molecular complexity index is 494. The minimum absolute atomic E-state index is 0.103. The topological polar surface area (TPSA) is 32.3 Å². The fraction of sp³-hybridized carbons (Fsp3) is 0.471. The highest BCUT2D eigenvalue weighted by molar-refractivity contribution is 5.96. The summed E-state index contributed by atoms with van der Waals surface area (Å²) in [7, 11) is 4.14. The van der Waals surface area contributed by atoms with Crippen molar-refractivity contribution in [3.05, 3.63) is 42.0 Å². The summed E-state index contributed by atoms with van der Waals surface area (Å²) in [6.45, 7) is 6.94.